The fraction of sp³-hybridized carbons (Fsp3) is 0.562. The van der Waals surface area contributed by atoms with E-state index < -0.39 is 0 Å². The predicted octanol–water partition coefficient (Wildman–Crippen LogP) is 3.97. The lowest BCUT2D eigenvalue weighted by atomic mass is 9.87. The van der Waals surface area contributed by atoms with Crippen molar-refractivity contribution in [2.24, 2.45) is 0 Å². The van der Waals surface area contributed by atoms with Crippen molar-refractivity contribution in [2.75, 3.05) is 12.3 Å². The van der Waals surface area contributed by atoms with Crippen molar-refractivity contribution in [1.82, 2.24) is 5.32 Å². The summed E-state index contributed by atoms with van der Waals surface area (Å²) in [6.07, 6.45) is 0.885. The van der Waals surface area contributed by atoms with E-state index in [1.807, 2.05) is 18.7 Å². The Kier molecular flexibility index (Phi) is 6.41. The molecule has 1 rings (SSSR count). The van der Waals surface area contributed by atoms with Gasteiger partial charge in [-0.3, -0.25) is 0 Å². The average Bonchev–Trinajstić information content (AvgIpc) is 2.37. The second kappa shape index (κ2) is 7.57. The number of rotatable bonds is 6. The van der Waals surface area contributed by atoms with Crippen molar-refractivity contribution in [3.05, 3.63) is 29.8 Å². The maximum Gasteiger partial charge on any atom is 0.0960 e. The molecule has 0 aliphatic heterocycles. The average molecular weight is 276 g/mol. The van der Waals surface area contributed by atoms with Crippen LogP contribution < -0.4 is 5.32 Å². The largest absolute Gasteiger partial charge is 0.302 e. The highest BCUT2D eigenvalue weighted by molar-refractivity contribution is 7.99. The molecule has 19 heavy (non-hydrogen) atoms. The molecule has 0 bridgehead atoms. The summed E-state index contributed by atoms with van der Waals surface area (Å²) in [5.41, 5.74) is 1.57. The summed E-state index contributed by atoms with van der Waals surface area (Å²) in [7, 11) is 0. The third-order valence-corrected chi connectivity index (χ3v) is 4.05. The van der Waals surface area contributed by atoms with E-state index in [1.54, 1.807) is 0 Å². The number of thioether (sulfide) groups is 1. The van der Waals surface area contributed by atoms with Gasteiger partial charge in [-0.2, -0.15) is 5.26 Å². The van der Waals surface area contributed by atoms with Gasteiger partial charge in [-0.15, -0.1) is 11.8 Å². The molecule has 0 aliphatic rings. The lowest BCUT2D eigenvalue weighted by Gasteiger charge is -2.19. The Hall–Kier alpha value is -0.980. The normalized spacial score (nSPS) is 13.0. The maximum absolute atomic E-state index is 8.96. The first kappa shape index (κ1) is 16.1. The van der Waals surface area contributed by atoms with E-state index in [-0.39, 0.29) is 11.5 Å². The minimum Gasteiger partial charge on any atom is -0.302 e. The molecule has 0 heterocycles. The summed E-state index contributed by atoms with van der Waals surface area (Å²) in [4.78, 5) is 1.28. The third kappa shape index (κ3) is 5.67. The van der Waals surface area contributed by atoms with Gasteiger partial charge in [-0.25, -0.2) is 0 Å². The van der Waals surface area contributed by atoms with Crippen LogP contribution in [0.2, 0.25) is 0 Å². The highest BCUT2D eigenvalue weighted by Gasteiger charge is 2.13. The SMILES string of the molecule is CCNC(C#N)CCSc1ccc(C(C)(C)C)cc1. The smallest absolute Gasteiger partial charge is 0.0960 e. The topological polar surface area (TPSA) is 35.8 Å². The molecule has 0 fully saturated rings. The van der Waals surface area contributed by atoms with Gasteiger partial charge in [-0.1, -0.05) is 39.8 Å². The Morgan fingerprint density at radius 2 is 1.89 bits per heavy atom. The zero-order valence-electron chi connectivity index (χ0n) is 12.4. The van der Waals surface area contributed by atoms with Crippen LogP contribution in [0, 0.1) is 11.3 Å². The molecule has 1 unspecified atom stereocenters. The standard InChI is InChI=1S/C16H24N2S/c1-5-18-14(12-17)10-11-19-15-8-6-13(7-9-15)16(2,3)4/h6-9,14,18H,5,10-11H2,1-4H3. The zero-order valence-corrected chi connectivity index (χ0v) is 13.2. The zero-order chi connectivity index (χ0) is 14.3. The number of benzene rings is 1. The number of nitriles is 1. The van der Waals surface area contributed by atoms with Gasteiger partial charge in [-0.05, 0) is 36.1 Å². The summed E-state index contributed by atoms with van der Waals surface area (Å²) in [5.74, 6) is 0.972. The monoisotopic (exact) mass is 276 g/mol. The van der Waals surface area contributed by atoms with Crippen LogP contribution in [0.4, 0.5) is 0 Å². The summed E-state index contributed by atoms with van der Waals surface area (Å²) in [5, 5.41) is 12.1. The van der Waals surface area contributed by atoms with Crippen LogP contribution >= 0.6 is 11.8 Å². The minimum absolute atomic E-state index is 0.0219. The molecule has 0 amide bonds. The van der Waals surface area contributed by atoms with Gasteiger partial charge in [0, 0.05) is 10.6 Å². The van der Waals surface area contributed by atoms with Gasteiger partial charge in [0.05, 0.1) is 12.1 Å². The molecule has 2 nitrogen and oxygen atoms in total. The third-order valence-electron chi connectivity index (χ3n) is 3.00. The summed E-state index contributed by atoms with van der Waals surface area (Å²) in [6, 6.07) is 11.0. The van der Waals surface area contributed by atoms with Crippen LogP contribution in [-0.4, -0.2) is 18.3 Å². The van der Waals surface area contributed by atoms with Crippen LogP contribution in [-0.2, 0) is 5.41 Å². The van der Waals surface area contributed by atoms with Gasteiger partial charge in [0.15, 0.2) is 0 Å². The lowest BCUT2D eigenvalue weighted by Crippen LogP contribution is -2.27. The number of nitrogens with zero attached hydrogens (tertiary/aromatic N) is 1. The van der Waals surface area contributed by atoms with E-state index in [9.17, 15) is 0 Å². The molecule has 0 saturated heterocycles. The van der Waals surface area contributed by atoms with Crippen molar-refractivity contribution in [2.45, 2.75) is 50.5 Å². The van der Waals surface area contributed by atoms with Crippen LogP contribution in [0.15, 0.2) is 29.2 Å². The van der Waals surface area contributed by atoms with Crippen LogP contribution in [0.3, 0.4) is 0 Å². The molecule has 3 heteroatoms. The van der Waals surface area contributed by atoms with E-state index in [0.717, 1.165) is 18.7 Å². The summed E-state index contributed by atoms with van der Waals surface area (Å²) >= 11 is 1.82. The molecule has 0 aliphatic carbocycles. The van der Waals surface area contributed by atoms with Crippen LogP contribution in [0.1, 0.15) is 39.7 Å². The molecule has 0 saturated carbocycles. The van der Waals surface area contributed by atoms with Crippen molar-refractivity contribution < 1.29 is 0 Å². The van der Waals surface area contributed by atoms with Crippen molar-refractivity contribution in [3.63, 3.8) is 0 Å². The van der Waals surface area contributed by atoms with Crippen LogP contribution in [0.5, 0.6) is 0 Å². The quantitative estimate of drug-likeness (QED) is 0.799. The van der Waals surface area contributed by atoms with Gasteiger partial charge in [0.25, 0.3) is 0 Å². The van der Waals surface area contributed by atoms with Gasteiger partial charge < -0.3 is 5.32 Å². The lowest BCUT2D eigenvalue weighted by molar-refractivity contribution is 0.589. The fourth-order valence-electron chi connectivity index (χ4n) is 1.80. The molecule has 1 aromatic carbocycles. The molecular formula is C16H24N2S. The number of hydrogen-bond donors (Lipinski definition) is 1. The molecule has 0 aromatic heterocycles. The highest BCUT2D eigenvalue weighted by Crippen LogP contribution is 2.26. The van der Waals surface area contributed by atoms with Crippen molar-refractivity contribution in [1.29, 1.82) is 5.26 Å². The number of hydrogen-bond acceptors (Lipinski definition) is 3. The molecule has 0 spiro atoms. The second-order valence-electron chi connectivity index (χ2n) is 5.65. The Bertz CT molecular complexity index is 412. The van der Waals surface area contributed by atoms with Crippen molar-refractivity contribution in [3.8, 4) is 6.07 Å². The van der Waals surface area contributed by atoms with E-state index >= 15 is 0 Å². The number of nitrogens with one attached hydrogen (secondary N) is 1. The van der Waals surface area contributed by atoms with E-state index in [0.29, 0.717) is 0 Å². The van der Waals surface area contributed by atoms with E-state index in [4.69, 9.17) is 5.26 Å². The minimum atomic E-state index is -0.0219. The highest BCUT2D eigenvalue weighted by atomic mass is 32.2. The van der Waals surface area contributed by atoms with Gasteiger partial charge in [0.2, 0.25) is 0 Å². The molecule has 1 aromatic rings. The van der Waals surface area contributed by atoms with Crippen molar-refractivity contribution >= 4 is 11.8 Å². The van der Waals surface area contributed by atoms with E-state index in [1.165, 1.54) is 10.5 Å². The molecule has 1 N–H and O–H groups in total. The van der Waals surface area contributed by atoms with Gasteiger partial charge in [0.1, 0.15) is 0 Å². The molecule has 1 atom stereocenters. The Morgan fingerprint density at radius 3 is 2.37 bits per heavy atom. The Labute approximate surface area is 121 Å². The second-order valence-corrected chi connectivity index (χ2v) is 6.82. The Balaban J connectivity index is 2.45. The fourth-order valence-corrected chi connectivity index (χ4v) is 2.72. The van der Waals surface area contributed by atoms with E-state index in [2.05, 4.69) is 56.4 Å². The van der Waals surface area contributed by atoms with Crippen LogP contribution in [0.25, 0.3) is 0 Å². The Morgan fingerprint density at radius 1 is 1.26 bits per heavy atom. The summed E-state index contributed by atoms with van der Waals surface area (Å²) in [6.45, 7) is 9.56. The molecular weight excluding hydrogens is 252 g/mol. The first-order valence-electron chi connectivity index (χ1n) is 6.83. The molecule has 0 radical (unpaired) electrons. The first-order valence-corrected chi connectivity index (χ1v) is 7.82. The predicted molar refractivity (Wildman–Crippen MR) is 83.6 cm³/mol. The summed E-state index contributed by atoms with van der Waals surface area (Å²) < 4.78 is 0. The maximum atomic E-state index is 8.96. The van der Waals surface area contributed by atoms with Gasteiger partial charge >= 0.3 is 0 Å². The first-order chi connectivity index (χ1) is 8.97. The molecule has 104 valence electrons.